The summed E-state index contributed by atoms with van der Waals surface area (Å²) in [7, 11) is -3.24. The van der Waals surface area contributed by atoms with Crippen LogP contribution in [0.5, 0.6) is 0 Å². The molecule has 0 aliphatic carbocycles. The summed E-state index contributed by atoms with van der Waals surface area (Å²) in [5.41, 5.74) is -0.0866. The van der Waals surface area contributed by atoms with Gasteiger partial charge in [0.25, 0.3) is 0 Å². The van der Waals surface area contributed by atoms with Crippen LogP contribution in [-0.2, 0) is 20.2 Å². The van der Waals surface area contributed by atoms with Gasteiger partial charge in [0.1, 0.15) is 0 Å². The van der Waals surface area contributed by atoms with Gasteiger partial charge >= 0.3 is 0 Å². The summed E-state index contributed by atoms with van der Waals surface area (Å²) < 4.78 is 23.5. The molecule has 0 spiro atoms. The molecule has 1 aromatic rings. The highest BCUT2D eigenvalue weighted by atomic mass is 32.2. The highest BCUT2D eigenvalue weighted by Gasteiger charge is 2.21. The third-order valence-electron chi connectivity index (χ3n) is 2.60. The molecule has 17 heavy (non-hydrogen) atoms. The lowest BCUT2D eigenvalue weighted by Crippen LogP contribution is -2.14. The van der Waals surface area contributed by atoms with Crippen molar-refractivity contribution in [2.24, 2.45) is 4.99 Å². The van der Waals surface area contributed by atoms with Gasteiger partial charge in [-0.15, -0.1) is 0 Å². The van der Waals surface area contributed by atoms with E-state index in [2.05, 4.69) is 4.99 Å². The normalized spacial score (nSPS) is 11.9. The van der Waals surface area contributed by atoms with Crippen molar-refractivity contribution < 1.29 is 13.2 Å². The van der Waals surface area contributed by atoms with Crippen LogP contribution in [0.25, 0.3) is 0 Å². The Kier molecular flexibility index (Phi) is 3.86. The van der Waals surface area contributed by atoms with Crippen LogP contribution < -0.4 is 0 Å². The van der Waals surface area contributed by atoms with Gasteiger partial charge < -0.3 is 0 Å². The van der Waals surface area contributed by atoms with Crippen LogP contribution >= 0.6 is 0 Å². The Hall–Kier alpha value is -1.45. The van der Waals surface area contributed by atoms with Gasteiger partial charge in [0.05, 0.1) is 16.2 Å². The lowest BCUT2D eigenvalue weighted by molar-refractivity contribution is 0.522. The van der Waals surface area contributed by atoms with Crippen LogP contribution in [-0.4, -0.2) is 20.3 Å². The number of carbonyl (C=O) groups excluding carboxylic acids is 1. The maximum atomic E-state index is 11.7. The van der Waals surface area contributed by atoms with Gasteiger partial charge in [0.2, 0.25) is 6.08 Å². The van der Waals surface area contributed by atoms with Gasteiger partial charge in [-0.3, -0.25) is 0 Å². The minimum absolute atomic E-state index is 0.0494. The number of rotatable bonds is 4. The van der Waals surface area contributed by atoms with Crippen molar-refractivity contribution in [2.75, 3.05) is 5.75 Å². The quantitative estimate of drug-likeness (QED) is 0.609. The van der Waals surface area contributed by atoms with Gasteiger partial charge in [-0.2, -0.15) is 4.99 Å². The Labute approximate surface area is 101 Å². The number of sulfone groups is 1. The molecule has 0 saturated carbocycles. The van der Waals surface area contributed by atoms with Crippen molar-refractivity contribution in [3.05, 3.63) is 29.8 Å². The van der Waals surface area contributed by atoms with Crippen molar-refractivity contribution in [3.63, 3.8) is 0 Å². The molecule has 0 saturated heterocycles. The lowest BCUT2D eigenvalue weighted by Gasteiger charge is -2.18. The predicted octanol–water partition coefficient (Wildman–Crippen LogP) is 2.05. The zero-order valence-corrected chi connectivity index (χ0v) is 10.9. The highest BCUT2D eigenvalue weighted by Crippen LogP contribution is 2.26. The van der Waals surface area contributed by atoms with Crippen molar-refractivity contribution in [1.29, 1.82) is 0 Å². The van der Waals surface area contributed by atoms with E-state index in [1.54, 1.807) is 45.0 Å². The molecule has 0 fully saturated rings. The Morgan fingerprint density at radius 3 is 2.53 bits per heavy atom. The fraction of sp³-hybridized carbons (Fsp3) is 0.417. The molecule has 0 heterocycles. The molecule has 5 heteroatoms. The van der Waals surface area contributed by atoms with Crippen LogP contribution in [0, 0.1) is 0 Å². The maximum absolute atomic E-state index is 11.7. The molecule has 0 aromatic heterocycles. The largest absolute Gasteiger partial charge is 0.235 e. The van der Waals surface area contributed by atoms with E-state index in [-0.39, 0.29) is 10.6 Å². The van der Waals surface area contributed by atoms with E-state index in [0.717, 1.165) is 0 Å². The fourth-order valence-corrected chi connectivity index (χ4v) is 2.34. The summed E-state index contributed by atoms with van der Waals surface area (Å²) >= 11 is 0. The minimum atomic E-state index is -3.24. The first-order chi connectivity index (χ1) is 7.83. The Morgan fingerprint density at radius 2 is 2.00 bits per heavy atom. The minimum Gasteiger partial charge on any atom is -0.224 e. The summed E-state index contributed by atoms with van der Waals surface area (Å²) in [6.07, 6.45) is 1.50. The third kappa shape index (κ3) is 3.02. The lowest BCUT2D eigenvalue weighted by atomic mass is 9.95. The molecular formula is C12H15NO3S. The van der Waals surface area contributed by atoms with Gasteiger partial charge in [-0.1, -0.05) is 19.1 Å². The molecule has 92 valence electrons. The monoisotopic (exact) mass is 253 g/mol. The zero-order chi connectivity index (χ0) is 13.1. The number of hydrogen-bond donors (Lipinski definition) is 0. The molecule has 4 nitrogen and oxygen atoms in total. The molecule has 0 unspecified atom stereocenters. The molecule has 0 radical (unpaired) electrons. The van der Waals surface area contributed by atoms with E-state index >= 15 is 0 Å². The smallest absolute Gasteiger partial charge is 0.224 e. The highest BCUT2D eigenvalue weighted by molar-refractivity contribution is 7.91. The zero-order valence-electron chi connectivity index (χ0n) is 10.1. The fourth-order valence-electron chi connectivity index (χ4n) is 1.42. The van der Waals surface area contributed by atoms with Gasteiger partial charge in [0, 0.05) is 0 Å². The Morgan fingerprint density at radius 1 is 1.35 bits per heavy atom. The first kappa shape index (κ1) is 13.6. The van der Waals surface area contributed by atoms with Crippen LogP contribution in [0.4, 0.5) is 0 Å². The topological polar surface area (TPSA) is 63.6 Å². The van der Waals surface area contributed by atoms with E-state index < -0.39 is 15.4 Å². The molecular weight excluding hydrogens is 238 g/mol. The molecule has 0 bridgehead atoms. The van der Waals surface area contributed by atoms with E-state index in [1.165, 1.54) is 6.08 Å². The SMILES string of the molecule is CCS(=O)(=O)c1cccc(C(C)(C)N=C=O)c1. The van der Waals surface area contributed by atoms with Gasteiger partial charge in [-0.05, 0) is 31.5 Å². The van der Waals surface area contributed by atoms with E-state index in [9.17, 15) is 13.2 Å². The second kappa shape index (κ2) is 4.82. The molecule has 0 N–H and O–H groups in total. The number of hydrogen-bond acceptors (Lipinski definition) is 4. The number of benzene rings is 1. The number of nitrogens with zero attached hydrogens (tertiary/aromatic N) is 1. The Bertz CT molecular complexity index is 555. The van der Waals surface area contributed by atoms with Gasteiger partial charge in [0.15, 0.2) is 9.84 Å². The number of isocyanates is 1. The van der Waals surface area contributed by atoms with E-state index in [1.807, 2.05) is 0 Å². The molecule has 0 aliphatic rings. The van der Waals surface area contributed by atoms with Crippen LogP contribution in [0.3, 0.4) is 0 Å². The van der Waals surface area contributed by atoms with Crippen LogP contribution in [0.15, 0.2) is 34.2 Å². The average Bonchev–Trinajstić information content (AvgIpc) is 2.29. The summed E-state index contributed by atoms with van der Waals surface area (Å²) in [5, 5.41) is 0. The van der Waals surface area contributed by atoms with Crippen molar-refractivity contribution in [2.45, 2.75) is 31.2 Å². The summed E-state index contributed by atoms with van der Waals surface area (Å²) in [4.78, 5) is 14.3. The molecule has 0 atom stereocenters. The summed E-state index contributed by atoms with van der Waals surface area (Å²) in [5.74, 6) is 0.0494. The van der Waals surface area contributed by atoms with Gasteiger partial charge in [-0.25, -0.2) is 13.2 Å². The first-order valence-electron chi connectivity index (χ1n) is 5.26. The standard InChI is InChI=1S/C12H15NO3S/c1-4-17(15,16)11-7-5-6-10(8-11)12(2,3)13-9-14/h5-8H,4H2,1-3H3. The van der Waals surface area contributed by atoms with Crippen LogP contribution in [0.1, 0.15) is 26.3 Å². The summed E-state index contributed by atoms with van der Waals surface area (Å²) in [6.45, 7) is 5.06. The van der Waals surface area contributed by atoms with Crippen LogP contribution in [0.2, 0.25) is 0 Å². The van der Waals surface area contributed by atoms with Crippen molar-refractivity contribution >= 4 is 15.9 Å². The molecule has 0 amide bonds. The van der Waals surface area contributed by atoms with Crippen molar-refractivity contribution in [3.8, 4) is 0 Å². The maximum Gasteiger partial charge on any atom is 0.235 e. The average molecular weight is 253 g/mol. The number of aliphatic imine (C=N–C) groups is 1. The third-order valence-corrected chi connectivity index (χ3v) is 4.34. The first-order valence-corrected chi connectivity index (χ1v) is 6.91. The second-order valence-corrected chi connectivity index (χ2v) is 6.47. The predicted molar refractivity (Wildman–Crippen MR) is 65.3 cm³/mol. The molecule has 1 aromatic carbocycles. The van der Waals surface area contributed by atoms with Crippen molar-refractivity contribution in [1.82, 2.24) is 0 Å². The second-order valence-electron chi connectivity index (χ2n) is 4.19. The summed E-state index contributed by atoms with van der Waals surface area (Å²) in [6, 6.07) is 6.50. The van der Waals surface area contributed by atoms with E-state index in [4.69, 9.17) is 0 Å². The molecule has 0 aliphatic heterocycles. The molecule has 1 rings (SSSR count). The Balaban J connectivity index is 3.33. The van der Waals surface area contributed by atoms with E-state index in [0.29, 0.717) is 5.56 Å².